The summed E-state index contributed by atoms with van der Waals surface area (Å²) in [6.45, 7) is 0.938. The van der Waals surface area contributed by atoms with Gasteiger partial charge in [-0.25, -0.2) is 4.39 Å². The van der Waals surface area contributed by atoms with Crippen molar-refractivity contribution in [2.24, 2.45) is 0 Å². The molecule has 5 heteroatoms. The van der Waals surface area contributed by atoms with Crippen molar-refractivity contribution in [1.29, 1.82) is 0 Å². The molecule has 2 bridgehead atoms. The van der Waals surface area contributed by atoms with Crippen molar-refractivity contribution in [1.82, 2.24) is 15.5 Å². The van der Waals surface area contributed by atoms with Gasteiger partial charge in [0.05, 0.1) is 0 Å². The molecule has 2 N–H and O–H groups in total. The van der Waals surface area contributed by atoms with Crippen LogP contribution in [-0.4, -0.2) is 34.2 Å². The zero-order valence-corrected chi connectivity index (χ0v) is 16.9. The number of halogens is 1. The van der Waals surface area contributed by atoms with E-state index in [9.17, 15) is 4.39 Å². The van der Waals surface area contributed by atoms with Crippen LogP contribution in [0.15, 0.2) is 24.3 Å². The van der Waals surface area contributed by atoms with Gasteiger partial charge >= 0.3 is 0 Å². The maximum atomic E-state index is 13.2. The minimum absolute atomic E-state index is 0.152. The molecule has 0 amide bonds. The molecule has 2 aliphatic heterocycles. The van der Waals surface area contributed by atoms with E-state index in [0.29, 0.717) is 24.2 Å². The van der Waals surface area contributed by atoms with Gasteiger partial charge in [-0.2, -0.15) is 0 Å². The normalized spacial score (nSPS) is 29.3. The third kappa shape index (κ3) is 5.00. The first kappa shape index (κ1) is 19.1. The topological polar surface area (TPSA) is 27.3 Å². The van der Waals surface area contributed by atoms with Crippen LogP contribution in [-0.2, 0) is 6.54 Å². The Morgan fingerprint density at radius 3 is 2.19 bits per heavy atom. The molecule has 2 atom stereocenters. The second-order valence-electron chi connectivity index (χ2n) is 8.66. The van der Waals surface area contributed by atoms with Crippen molar-refractivity contribution in [2.75, 3.05) is 0 Å². The van der Waals surface area contributed by atoms with Gasteiger partial charge in [-0.3, -0.25) is 4.90 Å². The van der Waals surface area contributed by atoms with Crippen molar-refractivity contribution >= 4 is 17.3 Å². The quantitative estimate of drug-likeness (QED) is 0.741. The van der Waals surface area contributed by atoms with Crippen molar-refractivity contribution in [2.45, 2.75) is 94.9 Å². The molecule has 27 heavy (non-hydrogen) atoms. The molecule has 0 radical (unpaired) electrons. The minimum atomic E-state index is -0.152. The molecule has 4 rings (SSSR count). The molecule has 3 aliphatic rings. The molecular weight excluding hydrogens is 357 g/mol. The van der Waals surface area contributed by atoms with Crippen LogP contribution in [0.3, 0.4) is 0 Å². The van der Waals surface area contributed by atoms with Crippen LogP contribution in [0.4, 0.5) is 4.39 Å². The van der Waals surface area contributed by atoms with Gasteiger partial charge in [0, 0.05) is 30.7 Å². The highest BCUT2D eigenvalue weighted by Gasteiger charge is 2.38. The smallest absolute Gasteiger partial charge is 0.166 e. The first-order valence-corrected chi connectivity index (χ1v) is 11.2. The van der Waals surface area contributed by atoms with Crippen LogP contribution in [0.5, 0.6) is 0 Å². The van der Waals surface area contributed by atoms with E-state index in [0.717, 1.165) is 24.5 Å². The molecule has 0 unspecified atom stereocenters. The molecular formula is C22H32FN3S. The Kier molecular flexibility index (Phi) is 6.28. The maximum Gasteiger partial charge on any atom is 0.166 e. The van der Waals surface area contributed by atoms with E-state index in [4.69, 9.17) is 12.2 Å². The summed E-state index contributed by atoms with van der Waals surface area (Å²) in [4.78, 5) is 2.66. The van der Waals surface area contributed by atoms with Crippen molar-refractivity contribution < 1.29 is 4.39 Å². The standard InChI is InChI=1S/C22H32FN3S/c23-17-11-9-16(10-12-17)15-26-20-7-4-8-21(26)14-19(13-20)25-22(27)24-18-5-2-1-3-6-18/h9-12,18-21H,1-8,13-15H2,(H2,24,25,27)/t20-,21-/m0/s1. The summed E-state index contributed by atoms with van der Waals surface area (Å²) in [5.41, 5.74) is 1.22. The largest absolute Gasteiger partial charge is 0.360 e. The SMILES string of the molecule is Fc1ccc(CN2[C@H]3CCC[C@H]2CC(NC(=S)NC2CCCCC2)C3)cc1. The molecule has 1 aromatic rings. The van der Waals surface area contributed by atoms with E-state index >= 15 is 0 Å². The third-order valence-electron chi connectivity index (χ3n) is 6.68. The van der Waals surface area contributed by atoms with E-state index in [2.05, 4.69) is 15.5 Å². The Labute approximate surface area is 168 Å². The van der Waals surface area contributed by atoms with Crippen molar-refractivity contribution in [3.05, 3.63) is 35.6 Å². The molecule has 1 aromatic carbocycles. The fraction of sp³-hybridized carbons (Fsp3) is 0.682. The van der Waals surface area contributed by atoms with Gasteiger partial charge in [-0.05, 0) is 68.4 Å². The fourth-order valence-corrected chi connectivity index (χ4v) is 5.65. The molecule has 3 nitrogen and oxygen atoms in total. The first-order chi connectivity index (χ1) is 13.2. The van der Waals surface area contributed by atoms with E-state index in [1.54, 1.807) is 12.1 Å². The van der Waals surface area contributed by atoms with Crippen LogP contribution in [0.2, 0.25) is 0 Å². The van der Waals surface area contributed by atoms with Gasteiger partial charge in [-0.1, -0.05) is 37.8 Å². The number of fused-ring (bicyclic) bond motifs is 2. The van der Waals surface area contributed by atoms with Crippen molar-refractivity contribution in [3.8, 4) is 0 Å². The summed E-state index contributed by atoms with van der Waals surface area (Å²) >= 11 is 5.62. The summed E-state index contributed by atoms with van der Waals surface area (Å²) in [6.07, 6.45) is 12.7. The lowest BCUT2D eigenvalue weighted by molar-refractivity contribution is 0.0210. The summed E-state index contributed by atoms with van der Waals surface area (Å²) in [6, 6.07) is 9.28. The summed E-state index contributed by atoms with van der Waals surface area (Å²) < 4.78 is 13.2. The Morgan fingerprint density at radius 1 is 0.889 bits per heavy atom. The van der Waals surface area contributed by atoms with Gasteiger partial charge in [0.1, 0.15) is 5.82 Å². The van der Waals surface area contributed by atoms with Crippen LogP contribution in [0, 0.1) is 5.82 Å². The van der Waals surface area contributed by atoms with Crippen LogP contribution in [0.25, 0.3) is 0 Å². The molecule has 1 aliphatic carbocycles. The van der Waals surface area contributed by atoms with E-state index in [1.807, 2.05) is 12.1 Å². The van der Waals surface area contributed by atoms with E-state index < -0.39 is 0 Å². The van der Waals surface area contributed by atoms with Crippen LogP contribution < -0.4 is 10.6 Å². The molecule has 3 fully saturated rings. The minimum Gasteiger partial charge on any atom is -0.360 e. The van der Waals surface area contributed by atoms with Gasteiger partial charge in [0.15, 0.2) is 5.11 Å². The number of hydrogen-bond donors (Lipinski definition) is 2. The third-order valence-corrected chi connectivity index (χ3v) is 6.92. The lowest BCUT2D eigenvalue weighted by Gasteiger charge is -2.49. The van der Waals surface area contributed by atoms with Crippen LogP contribution in [0.1, 0.15) is 69.8 Å². The Hall–Kier alpha value is -1.20. The number of benzene rings is 1. The predicted molar refractivity (Wildman–Crippen MR) is 112 cm³/mol. The second-order valence-corrected chi connectivity index (χ2v) is 9.07. The summed E-state index contributed by atoms with van der Waals surface area (Å²) in [5.74, 6) is -0.152. The maximum absolute atomic E-state index is 13.2. The molecule has 148 valence electrons. The molecule has 0 spiro atoms. The highest BCUT2D eigenvalue weighted by molar-refractivity contribution is 7.80. The average Bonchev–Trinajstić information content (AvgIpc) is 2.65. The number of nitrogens with one attached hydrogen (secondary N) is 2. The zero-order chi connectivity index (χ0) is 18.6. The van der Waals surface area contributed by atoms with Gasteiger partial charge in [0.25, 0.3) is 0 Å². The highest BCUT2D eigenvalue weighted by atomic mass is 32.1. The van der Waals surface area contributed by atoms with Gasteiger partial charge in [0.2, 0.25) is 0 Å². The number of rotatable bonds is 4. The lowest BCUT2D eigenvalue weighted by atomic mass is 9.81. The molecule has 2 saturated heterocycles. The Morgan fingerprint density at radius 2 is 1.52 bits per heavy atom. The van der Waals surface area contributed by atoms with Crippen molar-refractivity contribution in [3.63, 3.8) is 0 Å². The van der Waals surface area contributed by atoms with Gasteiger partial charge < -0.3 is 10.6 Å². The predicted octanol–water partition coefficient (Wildman–Crippen LogP) is 4.51. The average molecular weight is 390 g/mol. The summed E-state index contributed by atoms with van der Waals surface area (Å²) in [5, 5.41) is 8.05. The molecule has 0 aromatic heterocycles. The number of nitrogens with zero attached hydrogens (tertiary/aromatic N) is 1. The second kappa shape index (κ2) is 8.87. The zero-order valence-electron chi connectivity index (χ0n) is 16.1. The summed E-state index contributed by atoms with van der Waals surface area (Å²) in [7, 11) is 0. The Bertz CT molecular complexity index is 615. The van der Waals surface area contributed by atoms with Crippen LogP contribution >= 0.6 is 12.2 Å². The van der Waals surface area contributed by atoms with E-state index in [-0.39, 0.29) is 5.82 Å². The fourth-order valence-electron chi connectivity index (χ4n) is 5.31. The highest BCUT2D eigenvalue weighted by Crippen LogP contribution is 2.35. The number of piperidine rings is 2. The molecule has 2 heterocycles. The lowest BCUT2D eigenvalue weighted by Crippen LogP contribution is -2.58. The Balaban J connectivity index is 1.32. The number of hydrogen-bond acceptors (Lipinski definition) is 2. The van der Waals surface area contributed by atoms with Gasteiger partial charge in [-0.15, -0.1) is 0 Å². The molecule has 1 saturated carbocycles. The first-order valence-electron chi connectivity index (χ1n) is 10.7. The number of thiocarbonyl (C=S) groups is 1. The monoisotopic (exact) mass is 389 g/mol. The van der Waals surface area contributed by atoms with E-state index in [1.165, 1.54) is 56.9 Å².